The summed E-state index contributed by atoms with van der Waals surface area (Å²) in [6.45, 7) is 3.07. The van der Waals surface area contributed by atoms with E-state index in [9.17, 15) is 0 Å². The molecule has 0 aliphatic carbocycles. The largest absolute Gasteiger partial charge is 0.360 e. The van der Waals surface area contributed by atoms with Crippen LogP contribution >= 0.6 is 11.5 Å². The van der Waals surface area contributed by atoms with Crippen LogP contribution in [0.25, 0.3) is 0 Å². The minimum atomic E-state index is 0.700. The first kappa shape index (κ1) is 11.0. The molecule has 2 aromatic heterocycles. The molecule has 0 saturated carbocycles. The number of rotatable bonds is 5. The Morgan fingerprint density at radius 3 is 3.06 bits per heavy atom. The zero-order valence-electron chi connectivity index (χ0n) is 9.18. The number of hydrogen-bond donors (Lipinski definition) is 1. The Bertz CT molecular complexity index is 427. The lowest BCUT2D eigenvalue weighted by Gasteiger charge is -1.96. The number of hydrogen-bond acceptors (Lipinski definition) is 5. The van der Waals surface area contributed by atoms with Crippen molar-refractivity contribution in [1.29, 1.82) is 0 Å². The van der Waals surface area contributed by atoms with Crippen LogP contribution in [-0.4, -0.2) is 20.9 Å². The van der Waals surface area contributed by atoms with Gasteiger partial charge in [-0.25, -0.2) is 4.98 Å². The van der Waals surface area contributed by atoms with E-state index in [4.69, 9.17) is 0 Å². The smallest absolute Gasteiger partial charge is 0.202 e. The molecule has 0 amide bonds. The van der Waals surface area contributed by atoms with E-state index in [0.29, 0.717) is 6.42 Å². The van der Waals surface area contributed by atoms with Crippen molar-refractivity contribution in [3.63, 3.8) is 0 Å². The lowest BCUT2D eigenvalue weighted by Crippen LogP contribution is -1.99. The molecule has 16 heavy (non-hydrogen) atoms. The summed E-state index contributed by atoms with van der Waals surface area (Å²) < 4.78 is 4.29. The second-order valence-electron chi connectivity index (χ2n) is 3.44. The Balaban J connectivity index is 1.97. The van der Waals surface area contributed by atoms with E-state index in [1.54, 1.807) is 6.20 Å². The van der Waals surface area contributed by atoms with E-state index < -0.39 is 0 Å². The molecule has 0 saturated heterocycles. The molecule has 0 atom stereocenters. The van der Waals surface area contributed by atoms with E-state index >= 15 is 0 Å². The fraction of sp³-hybridized carbons (Fsp3) is 0.364. The zero-order chi connectivity index (χ0) is 11.2. The van der Waals surface area contributed by atoms with Gasteiger partial charge in [0.15, 0.2) is 5.82 Å². The molecule has 0 aliphatic heterocycles. The second-order valence-corrected chi connectivity index (χ2v) is 4.19. The highest BCUT2D eigenvalue weighted by molar-refractivity contribution is 7.09. The molecule has 0 fully saturated rings. The molecule has 84 valence electrons. The lowest BCUT2D eigenvalue weighted by molar-refractivity contribution is 0.956. The highest BCUT2D eigenvalue weighted by Crippen LogP contribution is 2.12. The maximum Gasteiger partial charge on any atom is 0.202 e. The van der Waals surface area contributed by atoms with E-state index in [1.165, 1.54) is 11.5 Å². The fourth-order valence-electron chi connectivity index (χ4n) is 1.29. The van der Waals surface area contributed by atoms with Crippen LogP contribution in [0.2, 0.25) is 0 Å². The van der Waals surface area contributed by atoms with Crippen molar-refractivity contribution >= 4 is 16.7 Å². The van der Waals surface area contributed by atoms with Gasteiger partial charge in [0.05, 0.1) is 6.42 Å². The van der Waals surface area contributed by atoms with Gasteiger partial charge in [-0.15, -0.1) is 0 Å². The number of pyridine rings is 1. The van der Waals surface area contributed by atoms with Gasteiger partial charge in [0, 0.05) is 30.0 Å². The van der Waals surface area contributed by atoms with E-state index in [2.05, 4.69) is 26.6 Å². The molecule has 0 bridgehead atoms. The molecule has 0 radical (unpaired) electrons. The molecule has 1 N–H and O–H groups in total. The Hall–Kier alpha value is -1.49. The average Bonchev–Trinajstić information content (AvgIpc) is 2.75. The summed E-state index contributed by atoms with van der Waals surface area (Å²) in [5.74, 6) is 0.835. The van der Waals surface area contributed by atoms with Crippen molar-refractivity contribution in [1.82, 2.24) is 14.3 Å². The first-order valence-corrected chi connectivity index (χ1v) is 6.12. The van der Waals surface area contributed by atoms with Gasteiger partial charge in [0.2, 0.25) is 5.13 Å². The first-order chi connectivity index (χ1) is 7.88. The Labute approximate surface area is 98.9 Å². The van der Waals surface area contributed by atoms with Crippen LogP contribution in [0.15, 0.2) is 24.4 Å². The van der Waals surface area contributed by atoms with Gasteiger partial charge in [-0.3, -0.25) is 4.98 Å². The SMILES string of the molecule is CCCNc1nc(Cc2ccccn2)ns1. The third kappa shape index (κ3) is 3.00. The molecular formula is C11H14N4S. The lowest BCUT2D eigenvalue weighted by atomic mass is 10.3. The number of nitrogens with zero attached hydrogens (tertiary/aromatic N) is 3. The molecule has 0 aliphatic rings. The molecule has 0 aromatic carbocycles. The predicted octanol–water partition coefficient (Wildman–Crippen LogP) is 2.35. The van der Waals surface area contributed by atoms with Crippen LogP contribution in [0, 0.1) is 0 Å². The molecule has 0 unspecified atom stereocenters. The van der Waals surface area contributed by atoms with Gasteiger partial charge in [-0.2, -0.15) is 4.37 Å². The summed E-state index contributed by atoms with van der Waals surface area (Å²) in [5, 5.41) is 4.12. The minimum absolute atomic E-state index is 0.700. The molecule has 2 rings (SSSR count). The van der Waals surface area contributed by atoms with Crippen molar-refractivity contribution in [3.05, 3.63) is 35.9 Å². The Kier molecular flexibility index (Phi) is 3.82. The summed E-state index contributed by atoms with van der Waals surface area (Å²) >= 11 is 1.41. The van der Waals surface area contributed by atoms with Crippen molar-refractivity contribution in [2.75, 3.05) is 11.9 Å². The number of aromatic nitrogens is 3. The normalized spacial score (nSPS) is 10.3. The van der Waals surface area contributed by atoms with Crippen LogP contribution in [0.1, 0.15) is 24.9 Å². The van der Waals surface area contributed by atoms with Crippen molar-refractivity contribution in [2.45, 2.75) is 19.8 Å². The Morgan fingerprint density at radius 1 is 1.38 bits per heavy atom. The van der Waals surface area contributed by atoms with Crippen molar-refractivity contribution in [3.8, 4) is 0 Å². The van der Waals surface area contributed by atoms with Gasteiger partial charge in [0.1, 0.15) is 0 Å². The van der Waals surface area contributed by atoms with Gasteiger partial charge in [0.25, 0.3) is 0 Å². The monoisotopic (exact) mass is 234 g/mol. The summed E-state index contributed by atoms with van der Waals surface area (Å²) in [4.78, 5) is 8.65. The number of anilines is 1. The van der Waals surface area contributed by atoms with E-state index in [0.717, 1.165) is 29.6 Å². The maximum absolute atomic E-state index is 4.40. The van der Waals surface area contributed by atoms with Crippen molar-refractivity contribution in [2.24, 2.45) is 0 Å². The second kappa shape index (κ2) is 5.55. The molecule has 2 heterocycles. The molecule has 5 heteroatoms. The third-order valence-corrected chi connectivity index (χ3v) is 2.77. The highest BCUT2D eigenvalue weighted by Gasteiger charge is 2.04. The van der Waals surface area contributed by atoms with E-state index in [1.807, 2.05) is 18.2 Å². The molecule has 4 nitrogen and oxygen atoms in total. The zero-order valence-corrected chi connectivity index (χ0v) is 10.00. The van der Waals surface area contributed by atoms with Crippen LogP contribution in [0.5, 0.6) is 0 Å². The predicted molar refractivity (Wildman–Crippen MR) is 65.7 cm³/mol. The quantitative estimate of drug-likeness (QED) is 0.862. The minimum Gasteiger partial charge on any atom is -0.360 e. The van der Waals surface area contributed by atoms with Gasteiger partial charge in [-0.1, -0.05) is 13.0 Å². The van der Waals surface area contributed by atoms with Gasteiger partial charge in [-0.05, 0) is 18.6 Å². The summed E-state index contributed by atoms with van der Waals surface area (Å²) in [7, 11) is 0. The third-order valence-electron chi connectivity index (χ3n) is 2.06. The first-order valence-electron chi connectivity index (χ1n) is 5.35. The van der Waals surface area contributed by atoms with Gasteiger partial charge >= 0.3 is 0 Å². The number of nitrogens with one attached hydrogen (secondary N) is 1. The fourth-order valence-corrected chi connectivity index (χ4v) is 1.90. The van der Waals surface area contributed by atoms with Gasteiger partial charge < -0.3 is 5.32 Å². The molecule has 0 spiro atoms. The highest BCUT2D eigenvalue weighted by atomic mass is 32.1. The molecular weight excluding hydrogens is 220 g/mol. The van der Waals surface area contributed by atoms with Crippen LogP contribution in [-0.2, 0) is 6.42 Å². The van der Waals surface area contributed by atoms with Crippen LogP contribution < -0.4 is 5.32 Å². The molecule has 2 aromatic rings. The maximum atomic E-state index is 4.40. The van der Waals surface area contributed by atoms with Crippen LogP contribution in [0.4, 0.5) is 5.13 Å². The summed E-state index contributed by atoms with van der Waals surface area (Å²) in [6.07, 6.45) is 3.58. The van der Waals surface area contributed by atoms with Crippen molar-refractivity contribution < 1.29 is 0 Å². The van der Waals surface area contributed by atoms with Crippen LogP contribution in [0.3, 0.4) is 0 Å². The standard InChI is InChI=1S/C11H14N4S/c1-2-6-13-11-14-10(15-16-11)8-9-5-3-4-7-12-9/h3-5,7H,2,6,8H2,1H3,(H,13,14,15). The topological polar surface area (TPSA) is 50.7 Å². The summed E-state index contributed by atoms with van der Waals surface area (Å²) in [6, 6.07) is 5.87. The van der Waals surface area contributed by atoms with E-state index in [-0.39, 0.29) is 0 Å². The summed E-state index contributed by atoms with van der Waals surface area (Å²) in [5.41, 5.74) is 1.00. The average molecular weight is 234 g/mol. The Morgan fingerprint density at radius 2 is 2.31 bits per heavy atom.